The van der Waals surface area contributed by atoms with Gasteiger partial charge in [0.05, 0.1) is 11.5 Å². The largest absolute Gasteiger partial charge is 0.493 e. The molecular formula is C23H20N2O4. The van der Waals surface area contributed by atoms with Gasteiger partial charge in [0.1, 0.15) is 5.75 Å². The lowest BCUT2D eigenvalue weighted by Gasteiger charge is -2.08. The molecule has 0 saturated heterocycles. The molecular weight excluding hydrogens is 368 g/mol. The zero-order chi connectivity index (χ0) is 20.5. The fourth-order valence-electron chi connectivity index (χ4n) is 2.69. The van der Waals surface area contributed by atoms with Crippen LogP contribution in [0, 0.1) is 10.1 Å². The lowest BCUT2D eigenvalue weighted by atomic mass is 10.2. The maximum absolute atomic E-state index is 12.1. The van der Waals surface area contributed by atoms with Crippen LogP contribution in [0.5, 0.6) is 5.75 Å². The van der Waals surface area contributed by atoms with Gasteiger partial charge in [-0.05, 0) is 29.3 Å². The normalized spacial score (nSPS) is 10.6. The molecule has 0 radical (unpaired) electrons. The molecule has 0 aromatic heterocycles. The number of hydrogen-bond acceptors (Lipinski definition) is 4. The van der Waals surface area contributed by atoms with E-state index in [1.165, 1.54) is 29.8 Å². The molecule has 0 aliphatic rings. The predicted molar refractivity (Wildman–Crippen MR) is 113 cm³/mol. The first kappa shape index (κ1) is 19.8. The highest BCUT2D eigenvalue weighted by molar-refractivity contribution is 6.02. The fraction of sp³-hybridized carbons (Fsp3) is 0.0870. The minimum Gasteiger partial charge on any atom is -0.493 e. The van der Waals surface area contributed by atoms with Gasteiger partial charge in [0.25, 0.3) is 5.69 Å². The summed E-state index contributed by atoms with van der Waals surface area (Å²) in [5.41, 5.74) is 2.36. The summed E-state index contributed by atoms with van der Waals surface area (Å²) in [5, 5.41) is 13.6. The standard InChI is InChI=1S/C23H20N2O4/c26-23(13-12-19-8-4-10-21(16-19)25(27)28)24-20-9-5-11-22(17-20)29-15-14-18-6-2-1-3-7-18/h1-13,16-17H,14-15H2,(H,24,26)/b13-12+. The quantitative estimate of drug-likeness (QED) is 0.339. The van der Waals surface area contributed by atoms with E-state index in [1.54, 1.807) is 30.3 Å². The number of nitrogens with zero attached hydrogens (tertiary/aromatic N) is 1. The van der Waals surface area contributed by atoms with Crippen molar-refractivity contribution in [1.29, 1.82) is 0 Å². The maximum Gasteiger partial charge on any atom is 0.270 e. The number of benzene rings is 3. The summed E-state index contributed by atoms with van der Waals surface area (Å²) < 4.78 is 5.76. The van der Waals surface area contributed by atoms with Crippen LogP contribution in [0.25, 0.3) is 6.08 Å². The molecule has 0 atom stereocenters. The van der Waals surface area contributed by atoms with Gasteiger partial charge in [-0.3, -0.25) is 14.9 Å². The highest BCUT2D eigenvalue weighted by atomic mass is 16.6. The van der Waals surface area contributed by atoms with Crippen molar-refractivity contribution in [2.45, 2.75) is 6.42 Å². The van der Waals surface area contributed by atoms with E-state index in [1.807, 2.05) is 36.4 Å². The lowest BCUT2D eigenvalue weighted by Crippen LogP contribution is -2.08. The number of carbonyl (C=O) groups excluding carboxylic acids is 1. The van der Waals surface area contributed by atoms with E-state index in [2.05, 4.69) is 5.32 Å². The third-order valence-electron chi connectivity index (χ3n) is 4.11. The van der Waals surface area contributed by atoms with Gasteiger partial charge in [-0.15, -0.1) is 0 Å². The molecule has 0 heterocycles. The van der Waals surface area contributed by atoms with E-state index in [9.17, 15) is 14.9 Å². The Morgan fingerprint density at radius 2 is 1.79 bits per heavy atom. The Kier molecular flexibility index (Phi) is 6.73. The van der Waals surface area contributed by atoms with E-state index in [0.717, 1.165) is 6.42 Å². The van der Waals surface area contributed by atoms with Crippen LogP contribution in [0.4, 0.5) is 11.4 Å². The Morgan fingerprint density at radius 1 is 1.00 bits per heavy atom. The SMILES string of the molecule is O=C(/C=C/c1cccc([N+](=O)[O-])c1)Nc1cccc(OCCc2ccccc2)c1. The predicted octanol–water partition coefficient (Wildman–Crippen LogP) is 4.87. The number of carbonyl (C=O) groups is 1. The van der Waals surface area contributed by atoms with Crippen molar-refractivity contribution in [3.8, 4) is 5.75 Å². The molecule has 1 amide bonds. The van der Waals surface area contributed by atoms with Gasteiger partial charge < -0.3 is 10.1 Å². The summed E-state index contributed by atoms with van der Waals surface area (Å²) in [7, 11) is 0. The first-order valence-electron chi connectivity index (χ1n) is 9.10. The zero-order valence-electron chi connectivity index (χ0n) is 15.7. The first-order chi connectivity index (χ1) is 14.1. The molecule has 0 unspecified atom stereocenters. The molecule has 146 valence electrons. The maximum atomic E-state index is 12.1. The average Bonchev–Trinajstić information content (AvgIpc) is 2.73. The van der Waals surface area contributed by atoms with Gasteiger partial charge in [-0.1, -0.05) is 48.5 Å². The van der Waals surface area contributed by atoms with Gasteiger partial charge in [0.15, 0.2) is 0 Å². The van der Waals surface area contributed by atoms with Crippen LogP contribution in [-0.4, -0.2) is 17.4 Å². The molecule has 1 N–H and O–H groups in total. The van der Waals surface area contributed by atoms with E-state index in [0.29, 0.717) is 23.6 Å². The van der Waals surface area contributed by atoms with Gasteiger partial charge in [0.2, 0.25) is 5.91 Å². The van der Waals surface area contributed by atoms with Gasteiger partial charge >= 0.3 is 0 Å². The Labute approximate surface area is 168 Å². The molecule has 0 bridgehead atoms. The van der Waals surface area contributed by atoms with Gasteiger partial charge in [-0.25, -0.2) is 0 Å². The number of amides is 1. The smallest absolute Gasteiger partial charge is 0.270 e. The molecule has 3 aromatic rings. The number of non-ortho nitro benzene ring substituents is 1. The van der Waals surface area contributed by atoms with Crippen molar-refractivity contribution in [2.24, 2.45) is 0 Å². The van der Waals surface area contributed by atoms with Crippen molar-refractivity contribution >= 4 is 23.4 Å². The molecule has 6 heteroatoms. The van der Waals surface area contributed by atoms with E-state index >= 15 is 0 Å². The number of rotatable bonds is 8. The summed E-state index contributed by atoms with van der Waals surface area (Å²) in [6.45, 7) is 0.536. The third-order valence-corrected chi connectivity index (χ3v) is 4.11. The van der Waals surface area contributed by atoms with Crippen LogP contribution in [0.15, 0.2) is 84.9 Å². The average molecular weight is 388 g/mol. The van der Waals surface area contributed by atoms with E-state index in [4.69, 9.17) is 4.74 Å². The molecule has 0 aliphatic carbocycles. The number of ether oxygens (including phenoxy) is 1. The Bertz CT molecular complexity index is 1020. The fourth-order valence-corrected chi connectivity index (χ4v) is 2.69. The van der Waals surface area contributed by atoms with Crippen molar-refractivity contribution in [1.82, 2.24) is 0 Å². The van der Waals surface area contributed by atoms with Crippen molar-refractivity contribution in [3.05, 3.63) is 106 Å². The second kappa shape index (κ2) is 9.85. The first-order valence-corrected chi connectivity index (χ1v) is 9.10. The topological polar surface area (TPSA) is 81.5 Å². The summed E-state index contributed by atoms with van der Waals surface area (Å²) in [5.74, 6) is 0.333. The van der Waals surface area contributed by atoms with Gasteiger partial charge in [-0.2, -0.15) is 0 Å². The Balaban J connectivity index is 1.54. The number of nitro groups is 1. The van der Waals surface area contributed by atoms with Crippen LogP contribution in [0.1, 0.15) is 11.1 Å². The van der Waals surface area contributed by atoms with Crippen molar-refractivity contribution in [2.75, 3.05) is 11.9 Å². The summed E-state index contributed by atoms with van der Waals surface area (Å²) >= 11 is 0. The molecule has 3 aromatic carbocycles. The molecule has 0 saturated carbocycles. The van der Waals surface area contributed by atoms with Gasteiger partial charge in [0, 0.05) is 36.4 Å². The van der Waals surface area contributed by atoms with Crippen molar-refractivity contribution < 1.29 is 14.5 Å². The highest BCUT2D eigenvalue weighted by Gasteiger charge is 2.05. The van der Waals surface area contributed by atoms with Crippen LogP contribution in [0.3, 0.4) is 0 Å². The number of anilines is 1. The minimum absolute atomic E-state index is 0.0205. The third kappa shape index (κ3) is 6.32. The van der Waals surface area contributed by atoms with E-state index in [-0.39, 0.29) is 11.6 Å². The molecule has 0 aliphatic heterocycles. The molecule has 6 nitrogen and oxygen atoms in total. The number of hydrogen-bond donors (Lipinski definition) is 1. The van der Waals surface area contributed by atoms with Crippen LogP contribution in [0.2, 0.25) is 0 Å². The van der Waals surface area contributed by atoms with Crippen molar-refractivity contribution in [3.63, 3.8) is 0 Å². The van der Waals surface area contributed by atoms with E-state index < -0.39 is 4.92 Å². The summed E-state index contributed by atoms with van der Waals surface area (Å²) in [6, 6.07) is 23.3. The van der Waals surface area contributed by atoms with Crippen LogP contribution < -0.4 is 10.1 Å². The Hall–Kier alpha value is -3.93. The zero-order valence-corrected chi connectivity index (χ0v) is 15.7. The molecule has 0 fully saturated rings. The highest BCUT2D eigenvalue weighted by Crippen LogP contribution is 2.18. The lowest BCUT2D eigenvalue weighted by molar-refractivity contribution is -0.384. The number of nitrogens with one attached hydrogen (secondary N) is 1. The summed E-state index contributed by atoms with van der Waals surface area (Å²) in [6.07, 6.45) is 3.66. The van der Waals surface area contributed by atoms with Crippen LogP contribution >= 0.6 is 0 Å². The second-order valence-corrected chi connectivity index (χ2v) is 6.29. The Morgan fingerprint density at radius 3 is 2.59 bits per heavy atom. The van der Waals surface area contributed by atoms with Crippen LogP contribution in [-0.2, 0) is 11.2 Å². The summed E-state index contributed by atoms with van der Waals surface area (Å²) in [4.78, 5) is 22.5. The minimum atomic E-state index is -0.472. The molecule has 3 rings (SSSR count). The monoisotopic (exact) mass is 388 g/mol. The molecule has 29 heavy (non-hydrogen) atoms. The number of nitro benzene ring substituents is 1. The molecule has 0 spiro atoms. The second-order valence-electron chi connectivity index (χ2n) is 6.29.